The molecule has 11 aromatic carbocycles. The minimum atomic E-state index is -0.385. The lowest BCUT2D eigenvalue weighted by Crippen LogP contribution is -2.24. The molecule has 3 aliphatic carbocycles. The smallest absolute Gasteiger partial charge is 0.144 e. The number of rotatable bonds is 5. The molecule has 0 bridgehead atoms. The Labute approximate surface area is 457 Å². The summed E-state index contributed by atoms with van der Waals surface area (Å²) in [5.74, 6) is 0. The van der Waals surface area contributed by atoms with Crippen LogP contribution in [-0.2, 0) is 16.2 Å². The standard InChI is InChI=1S/C75H53NO3/c1-73(2)57-39-44(32-35-50(57)64-59(73)41-55(71-66(64)52-26-14-18-30-61(52)78-71)47-23-11-10-22-46(47)42-20-8-7-9-21-42)76(43-34-37-63-54(38-43)48-24-13-17-29-60(48)77-63)45-33-36-51-58(40-45)75(5,6)70-68(51)72-67(53-27-15-19-31-62(53)79-72)65-49-25-12-16-28-56(49)74(3,4)69(65)70/h7-41H,1-6H3. The summed E-state index contributed by atoms with van der Waals surface area (Å²) in [7, 11) is 0. The van der Waals surface area contributed by atoms with Crippen LogP contribution < -0.4 is 4.90 Å². The molecule has 0 amide bonds. The zero-order valence-corrected chi connectivity index (χ0v) is 44.9. The zero-order chi connectivity index (χ0) is 52.8. The summed E-state index contributed by atoms with van der Waals surface area (Å²) >= 11 is 0. The zero-order valence-electron chi connectivity index (χ0n) is 44.9. The fourth-order valence-corrected chi connectivity index (χ4v) is 15.0. The van der Waals surface area contributed by atoms with E-state index in [-0.39, 0.29) is 16.2 Å². The number of hydrogen-bond donors (Lipinski definition) is 0. The predicted octanol–water partition coefficient (Wildman–Crippen LogP) is 21.1. The van der Waals surface area contributed by atoms with Gasteiger partial charge in [0.2, 0.25) is 0 Å². The summed E-state index contributed by atoms with van der Waals surface area (Å²) in [5, 5.41) is 6.86. The first-order valence-corrected chi connectivity index (χ1v) is 27.7. The minimum absolute atomic E-state index is 0.241. The molecule has 3 aliphatic rings. The fraction of sp³-hybridized carbons (Fsp3) is 0.120. The van der Waals surface area contributed by atoms with E-state index in [1.54, 1.807) is 0 Å². The maximum absolute atomic E-state index is 7.11. The quantitative estimate of drug-likeness (QED) is 0.172. The summed E-state index contributed by atoms with van der Waals surface area (Å²) in [4.78, 5) is 2.48. The van der Waals surface area contributed by atoms with Gasteiger partial charge in [-0.15, -0.1) is 0 Å². The number of anilines is 3. The molecular weight excluding hydrogens is 963 g/mol. The van der Waals surface area contributed by atoms with E-state index in [9.17, 15) is 0 Å². The molecular formula is C75H53NO3. The van der Waals surface area contributed by atoms with Crippen molar-refractivity contribution in [3.8, 4) is 55.6 Å². The van der Waals surface area contributed by atoms with Crippen LogP contribution in [0.4, 0.5) is 17.1 Å². The first kappa shape index (κ1) is 44.7. The van der Waals surface area contributed by atoms with Gasteiger partial charge < -0.3 is 18.2 Å². The number of nitrogens with zero attached hydrogens (tertiary/aromatic N) is 1. The van der Waals surface area contributed by atoms with Gasteiger partial charge in [-0.1, -0.05) is 187 Å². The lowest BCUT2D eigenvalue weighted by Gasteiger charge is -2.32. The molecule has 79 heavy (non-hydrogen) atoms. The lowest BCUT2D eigenvalue weighted by molar-refractivity contribution is 0.600. The van der Waals surface area contributed by atoms with Crippen LogP contribution in [0.1, 0.15) is 74.9 Å². The van der Waals surface area contributed by atoms with E-state index in [1.165, 1.54) is 83.3 Å². The third kappa shape index (κ3) is 5.83. The maximum atomic E-state index is 7.11. The Morgan fingerprint density at radius 2 is 0.772 bits per heavy atom. The molecule has 4 nitrogen and oxygen atoms in total. The van der Waals surface area contributed by atoms with E-state index >= 15 is 0 Å². The average molecular weight is 1020 g/mol. The van der Waals surface area contributed by atoms with E-state index in [1.807, 2.05) is 6.07 Å². The van der Waals surface area contributed by atoms with Gasteiger partial charge in [-0.3, -0.25) is 0 Å². The molecule has 0 aliphatic heterocycles. The van der Waals surface area contributed by atoms with Crippen LogP contribution >= 0.6 is 0 Å². The summed E-state index contributed by atoms with van der Waals surface area (Å²) < 4.78 is 20.6. The second-order valence-corrected chi connectivity index (χ2v) is 23.9. The van der Waals surface area contributed by atoms with Crippen LogP contribution in [-0.4, -0.2) is 0 Å². The largest absolute Gasteiger partial charge is 0.456 e. The molecule has 0 spiro atoms. The van der Waals surface area contributed by atoms with Crippen molar-refractivity contribution in [3.05, 3.63) is 246 Å². The number of para-hydroxylation sites is 3. The van der Waals surface area contributed by atoms with Gasteiger partial charge in [-0.25, -0.2) is 0 Å². The van der Waals surface area contributed by atoms with Crippen LogP contribution in [0.25, 0.3) is 121 Å². The fourth-order valence-electron chi connectivity index (χ4n) is 15.0. The minimum Gasteiger partial charge on any atom is -0.456 e. The molecule has 0 unspecified atom stereocenters. The third-order valence-corrected chi connectivity index (χ3v) is 18.6. The molecule has 376 valence electrons. The number of benzene rings is 11. The van der Waals surface area contributed by atoms with Gasteiger partial charge >= 0.3 is 0 Å². The van der Waals surface area contributed by atoms with Crippen molar-refractivity contribution < 1.29 is 13.3 Å². The van der Waals surface area contributed by atoms with E-state index in [4.69, 9.17) is 13.3 Å². The normalized spacial score (nSPS) is 15.0. The molecule has 0 fully saturated rings. The number of furan rings is 3. The summed E-state index contributed by atoms with van der Waals surface area (Å²) in [5.41, 5.74) is 27.8. The van der Waals surface area contributed by atoms with Crippen molar-refractivity contribution in [1.82, 2.24) is 0 Å². The highest BCUT2D eigenvalue weighted by Gasteiger charge is 2.49. The molecule has 3 aromatic heterocycles. The van der Waals surface area contributed by atoms with Crippen LogP contribution in [0.5, 0.6) is 0 Å². The summed E-state index contributed by atoms with van der Waals surface area (Å²) in [6.07, 6.45) is 0. The van der Waals surface area contributed by atoms with Crippen LogP contribution in [0.3, 0.4) is 0 Å². The van der Waals surface area contributed by atoms with Gasteiger partial charge in [0.25, 0.3) is 0 Å². The lowest BCUT2D eigenvalue weighted by atomic mass is 9.72. The molecule has 0 saturated carbocycles. The topological polar surface area (TPSA) is 42.7 Å². The molecule has 14 aromatic rings. The molecule has 17 rings (SSSR count). The summed E-state index contributed by atoms with van der Waals surface area (Å²) in [6.45, 7) is 14.5. The van der Waals surface area contributed by atoms with Crippen molar-refractivity contribution in [3.63, 3.8) is 0 Å². The maximum Gasteiger partial charge on any atom is 0.144 e. The van der Waals surface area contributed by atoms with Gasteiger partial charge in [0, 0.05) is 76.8 Å². The van der Waals surface area contributed by atoms with Crippen molar-refractivity contribution in [2.45, 2.75) is 57.8 Å². The van der Waals surface area contributed by atoms with Gasteiger partial charge in [-0.05, 0) is 145 Å². The van der Waals surface area contributed by atoms with Crippen LogP contribution in [0.2, 0.25) is 0 Å². The van der Waals surface area contributed by atoms with E-state index < -0.39 is 0 Å². The Morgan fingerprint density at radius 3 is 1.48 bits per heavy atom. The Kier molecular flexibility index (Phi) is 8.73. The van der Waals surface area contributed by atoms with E-state index in [0.717, 1.165) is 88.6 Å². The van der Waals surface area contributed by atoms with Gasteiger partial charge in [0.05, 0.1) is 0 Å². The van der Waals surface area contributed by atoms with Crippen LogP contribution in [0, 0.1) is 0 Å². The highest BCUT2D eigenvalue weighted by Crippen LogP contribution is 2.64. The van der Waals surface area contributed by atoms with Gasteiger partial charge in [-0.2, -0.15) is 0 Å². The average Bonchev–Trinajstić information content (AvgIpc) is 3.17. The highest BCUT2D eigenvalue weighted by molar-refractivity contribution is 6.22. The highest BCUT2D eigenvalue weighted by atomic mass is 16.3. The van der Waals surface area contributed by atoms with Crippen molar-refractivity contribution in [1.29, 1.82) is 0 Å². The Hall–Kier alpha value is -9.38. The van der Waals surface area contributed by atoms with Gasteiger partial charge in [0.15, 0.2) is 0 Å². The second kappa shape index (κ2) is 15.4. The molecule has 3 heterocycles. The Balaban J connectivity index is 0.894. The second-order valence-electron chi connectivity index (χ2n) is 23.9. The van der Waals surface area contributed by atoms with Gasteiger partial charge in [0.1, 0.15) is 33.5 Å². The molecule has 0 N–H and O–H groups in total. The van der Waals surface area contributed by atoms with E-state index in [0.29, 0.717) is 0 Å². The first-order chi connectivity index (χ1) is 38.5. The van der Waals surface area contributed by atoms with Crippen molar-refractivity contribution in [2.75, 3.05) is 4.90 Å². The number of hydrogen-bond acceptors (Lipinski definition) is 4. The molecule has 0 radical (unpaired) electrons. The van der Waals surface area contributed by atoms with Crippen molar-refractivity contribution >= 4 is 82.9 Å². The number of fused-ring (bicyclic) bond motifs is 22. The molecule has 0 atom stereocenters. The Morgan fingerprint density at radius 1 is 0.291 bits per heavy atom. The summed E-state index contributed by atoms with van der Waals surface area (Å²) in [6, 6.07) is 77.6. The first-order valence-electron chi connectivity index (χ1n) is 27.7. The van der Waals surface area contributed by atoms with Crippen LogP contribution in [0.15, 0.2) is 226 Å². The van der Waals surface area contributed by atoms with Crippen molar-refractivity contribution in [2.24, 2.45) is 0 Å². The monoisotopic (exact) mass is 1020 g/mol. The predicted molar refractivity (Wildman–Crippen MR) is 327 cm³/mol. The Bertz CT molecular complexity index is 5000. The SMILES string of the molecule is CC1(C)c2cc(N(c3ccc4c(c3)C(C)(C)c3c5c(c6c(oc7ccccc76)c3-4)-c3ccccc3C5(C)C)c3ccc4oc5ccccc5c4c3)ccc2-c2c1cc(-c1ccccc1-c1ccccc1)c1oc3ccccc3c21. The third-order valence-electron chi connectivity index (χ3n) is 18.6. The van der Waals surface area contributed by atoms with E-state index in [2.05, 4.69) is 253 Å². The molecule has 4 heteroatoms. The molecule has 0 saturated heterocycles.